The van der Waals surface area contributed by atoms with Crippen molar-refractivity contribution in [2.75, 3.05) is 0 Å². The van der Waals surface area contributed by atoms with Crippen LogP contribution < -0.4 is 4.74 Å². The number of aryl methyl sites for hydroxylation is 1. The van der Waals surface area contributed by atoms with Gasteiger partial charge in [0.15, 0.2) is 0 Å². The predicted octanol–water partition coefficient (Wildman–Crippen LogP) is 2.14. The second-order valence-corrected chi connectivity index (χ2v) is 5.93. The van der Waals surface area contributed by atoms with Crippen molar-refractivity contribution < 1.29 is 23.1 Å². The predicted molar refractivity (Wildman–Crippen MR) is 83.7 cm³/mol. The summed E-state index contributed by atoms with van der Waals surface area (Å²) in [6.45, 7) is -3.05. The number of hydrogen-bond donors (Lipinski definition) is 0. The quantitative estimate of drug-likeness (QED) is 0.750. The molecule has 0 spiro atoms. The van der Waals surface area contributed by atoms with Gasteiger partial charge in [0.25, 0.3) is 0 Å². The molecule has 1 atom stereocenters. The van der Waals surface area contributed by atoms with E-state index in [2.05, 4.69) is 9.84 Å². The maximum atomic E-state index is 12.6. The first-order valence-electron chi connectivity index (χ1n) is 7.78. The molecule has 1 aromatic carbocycles. The zero-order chi connectivity index (χ0) is 18.0. The molecule has 132 valence electrons. The summed E-state index contributed by atoms with van der Waals surface area (Å²) in [5.41, 5.74) is 1.24. The summed E-state index contributed by atoms with van der Waals surface area (Å²) in [6.07, 6.45) is 3.98. The van der Waals surface area contributed by atoms with Crippen LogP contribution in [0, 0.1) is 5.92 Å². The van der Waals surface area contributed by atoms with Crippen LogP contribution in [0.4, 0.5) is 8.78 Å². The van der Waals surface area contributed by atoms with Crippen LogP contribution in [0.25, 0.3) is 0 Å². The topological polar surface area (TPSA) is 64.4 Å². The molecule has 1 aromatic heterocycles. The van der Waals surface area contributed by atoms with Crippen molar-refractivity contribution in [2.24, 2.45) is 13.0 Å². The van der Waals surface area contributed by atoms with E-state index in [1.807, 2.05) is 0 Å². The van der Waals surface area contributed by atoms with E-state index in [4.69, 9.17) is 0 Å². The molecule has 2 aromatic rings. The second-order valence-electron chi connectivity index (χ2n) is 5.93. The van der Waals surface area contributed by atoms with Crippen molar-refractivity contribution in [3.05, 3.63) is 47.8 Å². The zero-order valence-electron chi connectivity index (χ0n) is 13.6. The van der Waals surface area contributed by atoms with Crippen molar-refractivity contribution >= 4 is 11.8 Å². The molecule has 0 radical (unpaired) electrons. The Bertz CT molecular complexity index is 791. The number of alkyl halides is 2. The van der Waals surface area contributed by atoms with Crippen molar-refractivity contribution in [1.29, 1.82) is 0 Å². The summed E-state index contributed by atoms with van der Waals surface area (Å²) >= 11 is 0. The van der Waals surface area contributed by atoms with E-state index < -0.39 is 12.5 Å². The molecular weight excluding hydrogens is 332 g/mol. The molecule has 1 fully saturated rings. The number of para-hydroxylation sites is 1. The summed E-state index contributed by atoms with van der Waals surface area (Å²) in [5.74, 6) is -1.11. The Morgan fingerprint density at radius 3 is 2.76 bits per heavy atom. The molecule has 1 aliphatic rings. The highest BCUT2D eigenvalue weighted by Crippen LogP contribution is 2.28. The number of likely N-dealkylation sites (tertiary alicyclic amines) is 1. The van der Waals surface area contributed by atoms with Crippen molar-refractivity contribution in [3.63, 3.8) is 0 Å². The van der Waals surface area contributed by atoms with Crippen LogP contribution in [0.3, 0.4) is 0 Å². The molecule has 2 amide bonds. The van der Waals surface area contributed by atoms with Crippen LogP contribution in [0.1, 0.15) is 17.5 Å². The Morgan fingerprint density at radius 2 is 2.08 bits per heavy atom. The number of carbonyl (C=O) groups excluding carboxylic acids is 2. The fourth-order valence-corrected chi connectivity index (χ4v) is 2.95. The second kappa shape index (κ2) is 7.00. The lowest BCUT2D eigenvalue weighted by Crippen LogP contribution is -2.30. The van der Waals surface area contributed by atoms with Crippen LogP contribution in [0.15, 0.2) is 36.7 Å². The number of aromatic nitrogens is 2. The molecule has 25 heavy (non-hydrogen) atoms. The molecule has 8 heteroatoms. The first-order chi connectivity index (χ1) is 11.9. The number of halogens is 2. The fourth-order valence-electron chi connectivity index (χ4n) is 2.95. The van der Waals surface area contributed by atoms with E-state index in [-0.39, 0.29) is 30.5 Å². The van der Waals surface area contributed by atoms with Crippen LogP contribution in [-0.4, -0.2) is 33.1 Å². The summed E-state index contributed by atoms with van der Waals surface area (Å²) in [4.78, 5) is 25.9. The van der Waals surface area contributed by atoms with Crippen molar-refractivity contribution in [2.45, 2.75) is 26.0 Å². The number of benzene rings is 1. The van der Waals surface area contributed by atoms with Gasteiger partial charge in [0, 0.05) is 25.2 Å². The zero-order valence-corrected chi connectivity index (χ0v) is 13.6. The van der Waals surface area contributed by atoms with Gasteiger partial charge in [0.05, 0.1) is 18.7 Å². The number of nitrogens with zero attached hydrogens (tertiary/aromatic N) is 3. The molecule has 0 unspecified atom stereocenters. The standard InChI is InChI=1S/C17H17F2N3O3/c1-21-9-11(8-20-21)6-13-7-15(23)22(16(13)24)10-12-4-2-3-5-14(12)25-17(18)19/h2-5,8-9,13,17H,6-7,10H2,1H3/t13-/m0/s1. The van der Waals surface area contributed by atoms with Gasteiger partial charge in [0.1, 0.15) is 5.75 Å². The molecule has 0 saturated carbocycles. The van der Waals surface area contributed by atoms with Gasteiger partial charge in [-0.05, 0) is 18.1 Å². The summed E-state index contributed by atoms with van der Waals surface area (Å²) in [7, 11) is 1.78. The summed E-state index contributed by atoms with van der Waals surface area (Å²) in [6, 6.07) is 6.15. The SMILES string of the molecule is Cn1cc(C[C@H]2CC(=O)N(Cc3ccccc3OC(F)F)C2=O)cn1. The summed E-state index contributed by atoms with van der Waals surface area (Å²) < 4.78 is 31.1. The van der Waals surface area contributed by atoms with Gasteiger partial charge in [-0.2, -0.15) is 13.9 Å². The molecule has 2 heterocycles. The molecule has 1 saturated heterocycles. The Morgan fingerprint density at radius 1 is 1.32 bits per heavy atom. The normalized spacial score (nSPS) is 17.6. The number of ether oxygens (including phenoxy) is 1. The first kappa shape index (κ1) is 17.1. The lowest BCUT2D eigenvalue weighted by Gasteiger charge is -2.17. The highest BCUT2D eigenvalue weighted by Gasteiger charge is 2.38. The van der Waals surface area contributed by atoms with E-state index >= 15 is 0 Å². The third-order valence-electron chi connectivity index (χ3n) is 4.09. The third kappa shape index (κ3) is 3.84. The van der Waals surface area contributed by atoms with Gasteiger partial charge in [-0.15, -0.1) is 0 Å². The van der Waals surface area contributed by atoms with Gasteiger partial charge in [-0.25, -0.2) is 0 Å². The van der Waals surface area contributed by atoms with E-state index in [1.54, 1.807) is 42.3 Å². The Labute approximate surface area is 143 Å². The Kier molecular flexibility index (Phi) is 4.78. The smallest absolute Gasteiger partial charge is 0.387 e. The number of amides is 2. The molecule has 0 aliphatic carbocycles. The monoisotopic (exact) mass is 349 g/mol. The molecule has 6 nitrogen and oxygen atoms in total. The number of carbonyl (C=O) groups is 2. The lowest BCUT2D eigenvalue weighted by atomic mass is 10.0. The van der Waals surface area contributed by atoms with E-state index in [9.17, 15) is 18.4 Å². The maximum absolute atomic E-state index is 12.6. The highest BCUT2D eigenvalue weighted by molar-refractivity contribution is 6.03. The minimum atomic E-state index is -2.97. The summed E-state index contributed by atoms with van der Waals surface area (Å²) in [5, 5.41) is 4.05. The first-order valence-corrected chi connectivity index (χ1v) is 7.78. The average molecular weight is 349 g/mol. The lowest BCUT2D eigenvalue weighted by molar-refractivity contribution is -0.140. The van der Waals surface area contributed by atoms with Crippen molar-refractivity contribution in [1.82, 2.24) is 14.7 Å². The van der Waals surface area contributed by atoms with Gasteiger partial charge in [-0.1, -0.05) is 18.2 Å². The van der Waals surface area contributed by atoms with E-state index in [0.717, 1.165) is 10.5 Å². The van der Waals surface area contributed by atoms with E-state index in [0.29, 0.717) is 12.0 Å². The van der Waals surface area contributed by atoms with Gasteiger partial charge in [-0.3, -0.25) is 19.2 Å². The van der Waals surface area contributed by atoms with Gasteiger partial charge >= 0.3 is 6.61 Å². The molecule has 3 rings (SSSR count). The van der Waals surface area contributed by atoms with Crippen LogP contribution in [0.2, 0.25) is 0 Å². The molecule has 1 aliphatic heterocycles. The van der Waals surface area contributed by atoms with Crippen LogP contribution in [0.5, 0.6) is 5.75 Å². The van der Waals surface area contributed by atoms with E-state index in [1.165, 1.54) is 6.07 Å². The van der Waals surface area contributed by atoms with Crippen LogP contribution in [-0.2, 0) is 29.6 Å². The average Bonchev–Trinajstić information content (AvgIpc) is 3.07. The largest absolute Gasteiger partial charge is 0.434 e. The van der Waals surface area contributed by atoms with Crippen LogP contribution >= 0.6 is 0 Å². The number of imide groups is 1. The Hall–Kier alpha value is -2.77. The third-order valence-corrected chi connectivity index (χ3v) is 4.09. The Balaban J connectivity index is 1.73. The van der Waals surface area contributed by atoms with Gasteiger partial charge < -0.3 is 4.74 Å². The highest BCUT2D eigenvalue weighted by atomic mass is 19.3. The molecule has 0 N–H and O–H groups in total. The van der Waals surface area contributed by atoms with Gasteiger partial charge in [0.2, 0.25) is 11.8 Å². The van der Waals surface area contributed by atoms with Crippen molar-refractivity contribution in [3.8, 4) is 5.75 Å². The fraction of sp³-hybridized carbons (Fsp3) is 0.353. The molecule has 0 bridgehead atoms. The number of rotatable bonds is 6. The number of hydrogen-bond acceptors (Lipinski definition) is 4. The minimum absolute atomic E-state index is 0.0335. The minimum Gasteiger partial charge on any atom is -0.434 e. The molecular formula is C17H17F2N3O3. The maximum Gasteiger partial charge on any atom is 0.387 e.